The fourth-order valence-corrected chi connectivity index (χ4v) is 1.63. The van der Waals surface area contributed by atoms with Crippen LogP contribution in [-0.4, -0.2) is 41.3 Å². The van der Waals surface area contributed by atoms with Crippen molar-refractivity contribution in [2.75, 3.05) is 13.2 Å². The minimum atomic E-state index is -1.24. The van der Waals surface area contributed by atoms with Crippen molar-refractivity contribution in [3.05, 3.63) is 0 Å². The van der Waals surface area contributed by atoms with Crippen LogP contribution in [-0.2, 0) is 9.59 Å². The summed E-state index contributed by atoms with van der Waals surface area (Å²) in [5, 5.41) is 19.7. The van der Waals surface area contributed by atoms with E-state index in [1.54, 1.807) is 0 Å². The van der Waals surface area contributed by atoms with Crippen LogP contribution in [0.5, 0.6) is 0 Å². The third kappa shape index (κ3) is 6.91. The Morgan fingerprint density at radius 3 is 2.29 bits per heavy atom. The SMILES string of the molecule is CC(C)C[C@H](CN)CC(=O)NC(CO)C(=O)O. The van der Waals surface area contributed by atoms with E-state index in [2.05, 4.69) is 5.32 Å². The molecule has 5 N–H and O–H groups in total. The number of rotatable bonds is 8. The molecular weight excluding hydrogens is 224 g/mol. The molecule has 0 rings (SSSR count). The van der Waals surface area contributed by atoms with Gasteiger partial charge < -0.3 is 21.3 Å². The van der Waals surface area contributed by atoms with Gasteiger partial charge in [0, 0.05) is 6.42 Å². The second-order valence-corrected chi connectivity index (χ2v) is 4.58. The predicted octanol–water partition coefficient (Wildman–Crippen LogP) is -0.441. The normalized spacial score (nSPS) is 14.4. The minimum absolute atomic E-state index is 0.0446. The molecule has 0 saturated carbocycles. The highest BCUT2D eigenvalue weighted by atomic mass is 16.4. The van der Waals surface area contributed by atoms with Gasteiger partial charge in [0.15, 0.2) is 0 Å². The molecule has 0 aromatic rings. The van der Waals surface area contributed by atoms with Crippen molar-refractivity contribution in [1.82, 2.24) is 5.32 Å². The summed E-state index contributed by atoms with van der Waals surface area (Å²) in [4.78, 5) is 22.1. The topological polar surface area (TPSA) is 113 Å². The quantitative estimate of drug-likeness (QED) is 0.464. The molecule has 2 atom stereocenters. The number of aliphatic hydroxyl groups excluding tert-OH is 1. The first-order chi connectivity index (χ1) is 7.90. The molecule has 0 aliphatic heterocycles. The Morgan fingerprint density at radius 1 is 1.35 bits per heavy atom. The minimum Gasteiger partial charge on any atom is -0.480 e. The molecule has 1 unspecified atom stereocenters. The van der Waals surface area contributed by atoms with Crippen LogP contribution in [0.1, 0.15) is 26.7 Å². The molecule has 6 nitrogen and oxygen atoms in total. The number of amides is 1. The van der Waals surface area contributed by atoms with Crippen molar-refractivity contribution in [3.8, 4) is 0 Å². The van der Waals surface area contributed by atoms with Crippen LogP contribution in [0.4, 0.5) is 0 Å². The largest absolute Gasteiger partial charge is 0.480 e. The lowest BCUT2D eigenvalue weighted by atomic mass is 9.94. The average Bonchev–Trinajstić information content (AvgIpc) is 2.23. The van der Waals surface area contributed by atoms with Gasteiger partial charge in [-0.3, -0.25) is 4.79 Å². The molecule has 0 heterocycles. The van der Waals surface area contributed by atoms with Gasteiger partial charge in [0.2, 0.25) is 5.91 Å². The van der Waals surface area contributed by atoms with Crippen LogP contribution < -0.4 is 11.1 Å². The summed E-state index contributed by atoms with van der Waals surface area (Å²) in [6.07, 6.45) is 1.01. The number of aliphatic hydroxyl groups is 1. The molecule has 0 fully saturated rings. The van der Waals surface area contributed by atoms with Crippen LogP contribution in [0, 0.1) is 11.8 Å². The van der Waals surface area contributed by atoms with Gasteiger partial charge in [-0.1, -0.05) is 13.8 Å². The fourth-order valence-electron chi connectivity index (χ4n) is 1.63. The Bertz CT molecular complexity index is 256. The Balaban J connectivity index is 4.18. The van der Waals surface area contributed by atoms with E-state index in [-0.39, 0.29) is 18.2 Å². The molecule has 0 saturated heterocycles. The second kappa shape index (κ2) is 8.03. The highest BCUT2D eigenvalue weighted by molar-refractivity contribution is 5.83. The Kier molecular flexibility index (Phi) is 7.49. The molecule has 0 aliphatic carbocycles. The molecule has 0 spiro atoms. The first kappa shape index (κ1) is 15.9. The zero-order valence-electron chi connectivity index (χ0n) is 10.3. The number of carboxylic acid groups (broad SMARTS) is 1. The lowest BCUT2D eigenvalue weighted by Crippen LogP contribution is -2.44. The number of nitrogens with two attached hydrogens (primary N) is 1. The monoisotopic (exact) mass is 246 g/mol. The first-order valence-corrected chi connectivity index (χ1v) is 5.73. The Labute approximate surface area is 101 Å². The van der Waals surface area contributed by atoms with Gasteiger partial charge >= 0.3 is 5.97 Å². The van der Waals surface area contributed by atoms with Crippen molar-refractivity contribution < 1.29 is 19.8 Å². The maximum absolute atomic E-state index is 11.5. The maximum atomic E-state index is 11.5. The molecular formula is C11H22N2O4. The van der Waals surface area contributed by atoms with E-state index in [1.165, 1.54) is 0 Å². The number of aliphatic carboxylic acids is 1. The number of hydrogen-bond donors (Lipinski definition) is 4. The zero-order chi connectivity index (χ0) is 13.4. The molecule has 0 bridgehead atoms. The van der Waals surface area contributed by atoms with Crippen molar-refractivity contribution >= 4 is 11.9 Å². The van der Waals surface area contributed by atoms with Crippen LogP contribution >= 0.6 is 0 Å². The number of carboxylic acids is 1. The van der Waals surface area contributed by atoms with Crippen molar-refractivity contribution in [2.24, 2.45) is 17.6 Å². The zero-order valence-corrected chi connectivity index (χ0v) is 10.3. The standard InChI is InChI=1S/C11H22N2O4/c1-7(2)3-8(5-12)4-10(15)13-9(6-14)11(16)17/h7-9,14H,3-6,12H2,1-2H3,(H,13,15)(H,16,17)/t8-,9?/m0/s1. The smallest absolute Gasteiger partial charge is 0.328 e. The molecule has 1 amide bonds. The Hall–Kier alpha value is -1.14. The van der Waals surface area contributed by atoms with Gasteiger partial charge in [0.05, 0.1) is 6.61 Å². The Morgan fingerprint density at radius 2 is 1.94 bits per heavy atom. The number of nitrogens with one attached hydrogen (secondary N) is 1. The van der Waals surface area contributed by atoms with Crippen molar-refractivity contribution in [2.45, 2.75) is 32.7 Å². The van der Waals surface area contributed by atoms with Crippen LogP contribution in [0.2, 0.25) is 0 Å². The summed E-state index contributed by atoms with van der Waals surface area (Å²) < 4.78 is 0. The van der Waals surface area contributed by atoms with Gasteiger partial charge in [0.1, 0.15) is 6.04 Å². The highest BCUT2D eigenvalue weighted by Crippen LogP contribution is 2.14. The van der Waals surface area contributed by atoms with Crippen molar-refractivity contribution in [1.29, 1.82) is 0 Å². The van der Waals surface area contributed by atoms with Gasteiger partial charge in [-0.25, -0.2) is 4.79 Å². The summed E-state index contributed by atoms with van der Waals surface area (Å²) in [6, 6.07) is -1.24. The molecule has 17 heavy (non-hydrogen) atoms. The lowest BCUT2D eigenvalue weighted by molar-refractivity contribution is -0.143. The van der Waals surface area contributed by atoms with Crippen LogP contribution in [0.25, 0.3) is 0 Å². The molecule has 0 aromatic heterocycles. The van der Waals surface area contributed by atoms with Crippen molar-refractivity contribution in [3.63, 3.8) is 0 Å². The van der Waals surface area contributed by atoms with E-state index in [1.807, 2.05) is 13.8 Å². The van der Waals surface area contributed by atoms with Crippen LogP contribution in [0.15, 0.2) is 0 Å². The van der Waals surface area contributed by atoms with Gasteiger partial charge in [0.25, 0.3) is 0 Å². The van der Waals surface area contributed by atoms with E-state index >= 15 is 0 Å². The third-order valence-electron chi connectivity index (χ3n) is 2.43. The van der Waals surface area contributed by atoms with Gasteiger partial charge in [-0.05, 0) is 24.8 Å². The van der Waals surface area contributed by atoms with E-state index in [4.69, 9.17) is 15.9 Å². The summed E-state index contributed by atoms with van der Waals surface area (Å²) in [5.41, 5.74) is 5.55. The summed E-state index contributed by atoms with van der Waals surface area (Å²) in [5.74, 6) is -1.15. The van der Waals surface area contributed by atoms with Crippen LogP contribution in [0.3, 0.4) is 0 Å². The summed E-state index contributed by atoms with van der Waals surface area (Å²) in [7, 11) is 0. The number of hydrogen-bond acceptors (Lipinski definition) is 4. The first-order valence-electron chi connectivity index (χ1n) is 5.73. The molecule has 6 heteroatoms. The van der Waals surface area contributed by atoms with E-state index in [9.17, 15) is 9.59 Å². The lowest BCUT2D eigenvalue weighted by Gasteiger charge is -2.18. The second-order valence-electron chi connectivity index (χ2n) is 4.58. The fraction of sp³-hybridized carbons (Fsp3) is 0.818. The summed E-state index contributed by atoms with van der Waals surface area (Å²) in [6.45, 7) is 3.85. The van der Waals surface area contributed by atoms with Gasteiger partial charge in [-0.15, -0.1) is 0 Å². The molecule has 100 valence electrons. The number of carbonyl (C=O) groups is 2. The van der Waals surface area contributed by atoms with Gasteiger partial charge in [-0.2, -0.15) is 0 Å². The molecule has 0 radical (unpaired) electrons. The third-order valence-corrected chi connectivity index (χ3v) is 2.43. The average molecular weight is 246 g/mol. The molecule has 0 aromatic carbocycles. The summed E-state index contributed by atoms with van der Waals surface area (Å²) >= 11 is 0. The van der Waals surface area contributed by atoms with E-state index in [0.29, 0.717) is 12.5 Å². The molecule has 0 aliphatic rings. The predicted molar refractivity (Wildman–Crippen MR) is 63.3 cm³/mol. The maximum Gasteiger partial charge on any atom is 0.328 e. The highest BCUT2D eigenvalue weighted by Gasteiger charge is 2.21. The number of carbonyl (C=O) groups excluding carboxylic acids is 1. The van der Waals surface area contributed by atoms with E-state index in [0.717, 1.165) is 6.42 Å². The van der Waals surface area contributed by atoms with E-state index < -0.39 is 18.6 Å².